The van der Waals surface area contributed by atoms with Crippen molar-refractivity contribution in [3.05, 3.63) is 29.4 Å². The summed E-state index contributed by atoms with van der Waals surface area (Å²) < 4.78 is 11.0. The molecule has 104 valence electrons. The van der Waals surface area contributed by atoms with Crippen LogP contribution in [0.1, 0.15) is 0 Å². The molecule has 1 aliphatic heterocycles. The van der Waals surface area contributed by atoms with Crippen LogP contribution in [-0.2, 0) is 0 Å². The lowest BCUT2D eigenvalue weighted by Crippen LogP contribution is -2.15. The summed E-state index contributed by atoms with van der Waals surface area (Å²) in [5.41, 5.74) is 0.817. The van der Waals surface area contributed by atoms with Crippen LogP contribution in [0.25, 0.3) is 0 Å². The van der Waals surface area contributed by atoms with Crippen LogP contribution in [0.4, 0.5) is 17.5 Å². The summed E-state index contributed by atoms with van der Waals surface area (Å²) in [5.74, 6) is 2.48. The second-order valence-corrected chi connectivity index (χ2v) is 4.53. The number of hydrogen-bond acceptors (Lipinski definition) is 6. The summed E-state index contributed by atoms with van der Waals surface area (Å²) in [6, 6.07) is 5.59. The van der Waals surface area contributed by atoms with Crippen molar-refractivity contribution in [1.82, 2.24) is 9.97 Å². The molecule has 0 bridgehead atoms. The number of aromatic nitrogens is 2. The van der Waals surface area contributed by atoms with E-state index in [4.69, 9.17) is 21.1 Å². The predicted octanol–water partition coefficient (Wildman–Crippen LogP) is 2.69. The Bertz CT molecular complexity index is 636. The second-order valence-electron chi connectivity index (χ2n) is 4.12. The molecule has 1 aromatic carbocycles. The number of nitrogens with one attached hydrogen (secondary N) is 2. The Morgan fingerprint density at radius 1 is 1.20 bits per heavy atom. The van der Waals surface area contributed by atoms with Crippen molar-refractivity contribution in [3.63, 3.8) is 0 Å². The number of benzene rings is 1. The number of rotatable bonds is 3. The fourth-order valence-electron chi connectivity index (χ4n) is 1.83. The SMILES string of the molecule is CNc1ncc(Cl)c(Nc2ccc3c(c2)OCCO3)n1. The summed E-state index contributed by atoms with van der Waals surface area (Å²) in [6.07, 6.45) is 1.54. The Hall–Kier alpha value is -2.21. The Kier molecular flexibility index (Phi) is 3.47. The number of ether oxygens (including phenoxy) is 2. The molecular formula is C13H13ClN4O2. The summed E-state index contributed by atoms with van der Waals surface area (Å²) in [6.45, 7) is 1.12. The Morgan fingerprint density at radius 3 is 2.80 bits per heavy atom. The zero-order valence-corrected chi connectivity index (χ0v) is 11.6. The highest BCUT2D eigenvalue weighted by Gasteiger charge is 2.12. The molecule has 0 amide bonds. The van der Waals surface area contributed by atoms with Gasteiger partial charge in [-0.1, -0.05) is 11.6 Å². The van der Waals surface area contributed by atoms with Crippen molar-refractivity contribution in [3.8, 4) is 11.5 Å². The van der Waals surface area contributed by atoms with E-state index in [-0.39, 0.29) is 0 Å². The number of halogens is 1. The molecule has 0 atom stereocenters. The summed E-state index contributed by atoms with van der Waals surface area (Å²) in [7, 11) is 1.75. The molecule has 0 saturated carbocycles. The van der Waals surface area contributed by atoms with E-state index in [1.807, 2.05) is 18.2 Å². The first-order valence-corrected chi connectivity index (χ1v) is 6.51. The molecule has 0 aliphatic carbocycles. The first-order valence-electron chi connectivity index (χ1n) is 6.13. The van der Waals surface area contributed by atoms with E-state index in [2.05, 4.69) is 20.6 Å². The van der Waals surface area contributed by atoms with E-state index in [1.54, 1.807) is 13.2 Å². The smallest absolute Gasteiger partial charge is 0.224 e. The molecular weight excluding hydrogens is 280 g/mol. The second kappa shape index (κ2) is 5.42. The van der Waals surface area contributed by atoms with Gasteiger partial charge in [0.1, 0.15) is 18.2 Å². The van der Waals surface area contributed by atoms with E-state index in [9.17, 15) is 0 Å². The van der Waals surface area contributed by atoms with Crippen molar-refractivity contribution < 1.29 is 9.47 Å². The van der Waals surface area contributed by atoms with Crippen LogP contribution in [0.15, 0.2) is 24.4 Å². The first kappa shape index (κ1) is 12.8. The number of hydrogen-bond donors (Lipinski definition) is 2. The van der Waals surface area contributed by atoms with E-state index in [1.165, 1.54) is 0 Å². The molecule has 0 spiro atoms. The van der Waals surface area contributed by atoms with Crippen molar-refractivity contribution in [1.29, 1.82) is 0 Å². The minimum Gasteiger partial charge on any atom is -0.486 e. The summed E-state index contributed by atoms with van der Waals surface area (Å²) >= 11 is 6.08. The van der Waals surface area contributed by atoms with E-state index < -0.39 is 0 Å². The van der Waals surface area contributed by atoms with Crippen LogP contribution in [0.5, 0.6) is 11.5 Å². The van der Waals surface area contributed by atoms with Crippen molar-refractivity contribution >= 4 is 29.1 Å². The third-order valence-corrected chi connectivity index (χ3v) is 3.05. The molecule has 2 N–H and O–H groups in total. The zero-order chi connectivity index (χ0) is 13.9. The van der Waals surface area contributed by atoms with Crippen molar-refractivity contribution in [2.24, 2.45) is 0 Å². The lowest BCUT2D eigenvalue weighted by Gasteiger charge is -2.19. The zero-order valence-electron chi connectivity index (χ0n) is 10.8. The van der Waals surface area contributed by atoms with Gasteiger partial charge in [0, 0.05) is 18.8 Å². The van der Waals surface area contributed by atoms with Crippen LogP contribution in [0, 0.1) is 0 Å². The number of fused-ring (bicyclic) bond motifs is 1. The fraction of sp³-hybridized carbons (Fsp3) is 0.231. The Labute approximate surface area is 121 Å². The third kappa shape index (κ3) is 2.55. The van der Waals surface area contributed by atoms with E-state index >= 15 is 0 Å². The number of anilines is 3. The average Bonchev–Trinajstić information content (AvgIpc) is 2.49. The van der Waals surface area contributed by atoms with E-state index in [0.717, 1.165) is 11.4 Å². The van der Waals surface area contributed by atoms with Crippen LogP contribution >= 0.6 is 11.6 Å². The molecule has 6 nitrogen and oxygen atoms in total. The maximum Gasteiger partial charge on any atom is 0.224 e. The predicted molar refractivity (Wildman–Crippen MR) is 77.3 cm³/mol. The van der Waals surface area contributed by atoms with Gasteiger partial charge in [-0.2, -0.15) is 4.98 Å². The molecule has 2 heterocycles. The lowest BCUT2D eigenvalue weighted by molar-refractivity contribution is 0.171. The normalized spacial score (nSPS) is 12.9. The number of nitrogens with zero attached hydrogens (tertiary/aromatic N) is 2. The van der Waals surface area contributed by atoms with Gasteiger partial charge < -0.3 is 20.1 Å². The largest absolute Gasteiger partial charge is 0.486 e. The van der Waals surface area contributed by atoms with Gasteiger partial charge >= 0.3 is 0 Å². The Balaban J connectivity index is 1.87. The molecule has 0 unspecified atom stereocenters. The minimum absolute atomic E-state index is 0.443. The molecule has 1 aliphatic rings. The van der Waals surface area contributed by atoms with Gasteiger partial charge in [-0.25, -0.2) is 4.98 Å². The maximum atomic E-state index is 6.08. The summed E-state index contributed by atoms with van der Waals surface area (Å²) in [4.78, 5) is 8.29. The van der Waals surface area contributed by atoms with E-state index in [0.29, 0.717) is 35.8 Å². The van der Waals surface area contributed by atoms with Crippen LogP contribution in [0.3, 0.4) is 0 Å². The quantitative estimate of drug-likeness (QED) is 0.906. The molecule has 0 saturated heterocycles. The van der Waals surface area contributed by atoms with Crippen molar-refractivity contribution in [2.75, 3.05) is 30.9 Å². The summed E-state index contributed by atoms with van der Waals surface area (Å²) in [5, 5.41) is 6.45. The molecule has 7 heteroatoms. The molecule has 0 fully saturated rings. The van der Waals surface area contributed by atoms with Gasteiger partial charge in [-0.15, -0.1) is 0 Å². The van der Waals surface area contributed by atoms with Gasteiger partial charge in [0.25, 0.3) is 0 Å². The molecule has 20 heavy (non-hydrogen) atoms. The van der Waals surface area contributed by atoms with Gasteiger partial charge in [0.05, 0.1) is 6.20 Å². The van der Waals surface area contributed by atoms with Crippen LogP contribution < -0.4 is 20.1 Å². The third-order valence-electron chi connectivity index (χ3n) is 2.77. The molecule has 3 rings (SSSR count). The van der Waals surface area contributed by atoms with Gasteiger partial charge in [0.15, 0.2) is 17.3 Å². The minimum atomic E-state index is 0.443. The molecule has 2 aromatic rings. The van der Waals surface area contributed by atoms with Crippen LogP contribution in [0.2, 0.25) is 5.02 Å². The Morgan fingerprint density at radius 2 is 2.00 bits per heavy atom. The first-order chi connectivity index (χ1) is 9.76. The lowest BCUT2D eigenvalue weighted by atomic mass is 10.2. The average molecular weight is 293 g/mol. The highest BCUT2D eigenvalue weighted by atomic mass is 35.5. The standard InChI is InChI=1S/C13H13ClN4O2/c1-15-13-16-7-9(14)12(18-13)17-8-2-3-10-11(6-8)20-5-4-19-10/h2-3,6-7H,4-5H2,1H3,(H2,15,16,17,18). The van der Waals surface area contributed by atoms with Crippen LogP contribution in [-0.4, -0.2) is 30.2 Å². The topological polar surface area (TPSA) is 68.3 Å². The van der Waals surface area contributed by atoms with Gasteiger partial charge in [0.2, 0.25) is 5.95 Å². The highest BCUT2D eigenvalue weighted by molar-refractivity contribution is 6.32. The van der Waals surface area contributed by atoms with Crippen molar-refractivity contribution in [2.45, 2.75) is 0 Å². The van der Waals surface area contributed by atoms with Gasteiger partial charge in [-0.3, -0.25) is 0 Å². The molecule has 0 radical (unpaired) electrons. The maximum absolute atomic E-state index is 6.08. The highest BCUT2D eigenvalue weighted by Crippen LogP contribution is 2.34. The monoisotopic (exact) mass is 292 g/mol. The van der Waals surface area contributed by atoms with Gasteiger partial charge in [-0.05, 0) is 12.1 Å². The fourth-order valence-corrected chi connectivity index (χ4v) is 1.97. The molecule has 1 aromatic heterocycles.